The van der Waals surface area contributed by atoms with Crippen molar-refractivity contribution in [3.63, 3.8) is 0 Å². The van der Waals surface area contributed by atoms with Crippen LogP contribution in [0.3, 0.4) is 0 Å². The normalized spacial score (nSPS) is 13.0. The van der Waals surface area contributed by atoms with Gasteiger partial charge >= 0.3 is 0 Å². The summed E-state index contributed by atoms with van der Waals surface area (Å²) in [7, 11) is 0. The summed E-state index contributed by atoms with van der Waals surface area (Å²) in [5.74, 6) is -0.167. The lowest BCUT2D eigenvalue weighted by molar-refractivity contribution is -0.141. The number of rotatable bonds is 11. The number of hydrogen-bond acceptors (Lipinski definition) is 2. The van der Waals surface area contributed by atoms with Gasteiger partial charge in [0.05, 0.1) is 0 Å². The molecule has 38 heavy (non-hydrogen) atoms. The molecule has 0 radical (unpaired) electrons. The number of nitrogens with zero attached hydrogens (tertiary/aromatic N) is 1. The van der Waals surface area contributed by atoms with Gasteiger partial charge in [-0.1, -0.05) is 106 Å². The van der Waals surface area contributed by atoms with E-state index in [4.69, 9.17) is 11.6 Å². The van der Waals surface area contributed by atoms with Crippen molar-refractivity contribution < 1.29 is 9.59 Å². The van der Waals surface area contributed by atoms with Gasteiger partial charge in [-0.3, -0.25) is 9.59 Å². The first-order valence-corrected chi connectivity index (χ1v) is 13.9. The molecule has 0 aliphatic heterocycles. The van der Waals surface area contributed by atoms with Crippen molar-refractivity contribution in [3.8, 4) is 0 Å². The second kappa shape index (κ2) is 13.6. The van der Waals surface area contributed by atoms with E-state index in [2.05, 4.69) is 50.4 Å². The van der Waals surface area contributed by atoms with Crippen LogP contribution in [0.4, 0.5) is 0 Å². The Bertz CT molecular complexity index is 1170. The van der Waals surface area contributed by atoms with Crippen molar-refractivity contribution in [2.45, 2.75) is 84.3 Å². The van der Waals surface area contributed by atoms with Gasteiger partial charge in [0.25, 0.3) is 0 Å². The molecule has 4 nitrogen and oxygen atoms in total. The maximum atomic E-state index is 13.8. The summed E-state index contributed by atoms with van der Waals surface area (Å²) in [4.78, 5) is 29.2. The van der Waals surface area contributed by atoms with E-state index in [-0.39, 0.29) is 23.3 Å². The molecule has 0 unspecified atom stereocenters. The Hall–Kier alpha value is -3.11. The van der Waals surface area contributed by atoms with Crippen LogP contribution in [0.5, 0.6) is 0 Å². The largest absolute Gasteiger partial charge is 0.352 e. The fourth-order valence-corrected chi connectivity index (χ4v) is 4.47. The van der Waals surface area contributed by atoms with Crippen molar-refractivity contribution >= 4 is 23.4 Å². The lowest BCUT2D eigenvalue weighted by Gasteiger charge is -2.32. The minimum absolute atomic E-state index is 0.0228. The molecule has 0 saturated heterocycles. The van der Waals surface area contributed by atoms with Crippen molar-refractivity contribution in [1.82, 2.24) is 10.2 Å². The van der Waals surface area contributed by atoms with E-state index in [1.54, 1.807) is 4.90 Å². The highest BCUT2D eigenvalue weighted by Gasteiger charge is 2.30. The molecule has 3 aromatic rings. The van der Waals surface area contributed by atoms with Gasteiger partial charge in [-0.05, 0) is 59.6 Å². The average molecular weight is 533 g/mol. The molecule has 0 aliphatic carbocycles. The molecule has 0 saturated carbocycles. The molecule has 202 valence electrons. The molecule has 0 spiro atoms. The fourth-order valence-electron chi connectivity index (χ4n) is 4.35. The summed E-state index contributed by atoms with van der Waals surface area (Å²) in [5, 5.41) is 3.76. The van der Waals surface area contributed by atoms with Gasteiger partial charge in [-0.2, -0.15) is 0 Å². The van der Waals surface area contributed by atoms with Gasteiger partial charge < -0.3 is 10.2 Å². The molecule has 5 heteroatoms. The van der Waals surface area contributed by atoms with Crippen LogP contribution in [0.25, 0.3) is 0 Å². The first-order chi connectivity index (χ1) is 18.1. The van der Waals surface area contributed by atoms with E-state index in [0.29, 0.717) is 30.8 Å². The maximum Gasteiger partial charge on any atom is 0.243 e. The summed E-state index contributed by atoms with van der Waals surface area (Å²) in [6.07, 6.45) is 2.21. The summed E-state index contributed by atoms with van der Waals surface area (Å²) < 4.78 is 0. The Morgan fingerprint density at radius 2 is 1.47 bits per heavy atom. The summed E-state index contributed by atoms with van der Waals surface area (Å²) in [6, 6.07) is 25.3. The second-order valence-corrected chi connectivity index (χ2v) is 11.6. The molecule has 0 aromatic heterocycles. The topological polar surface area (TPSA) is 49.4 Å². The molecule has 0 bridgehead atoms. The highest BCUT2D eigenvalue weighted by molar-refractivity contribution is 6.30. The fraction of sp³-hybridized carbons (Fsp3) is 0.394. The first kappa shape index (κ1) is 29.4. The molecule has 3 rings (SSSR count). The Morgan fingerprint density at radius 3 is 2.05 bits per heavy atom. The lowest BCUT2D eigenvalue weighted by atomic mass is 9.86. The van der Waals surface area contributed by atoms with Crippen molar-refractivity contribution in [3.05, 3.63) is 106 Å². The number of carbonyl (C=O) groups is 2. The van der Waals surface area contributed by atoms with E-state index in [1.165, 1.54) is 5.56 Å². The van der Waals surface area contributed by atoms with Gasteiger partial charge in [0.2, 0.25) is 11.8 Å². The molecule has 0 fully saturated rings. The minimum atomic E-state index is -0.627. The van der Waals surface area contributed by atoms with Gasteiger partial charge in [-0.25, -0.2) is 0 Å². The van der Waals surface area contributed by atoms with E-state index < -0.39 is 6.04 Å². The highest BCUT2D eigenvalue weighted by atomic mass is 35.5. The standard InChI is InChI=1S/C33H41ClN2O2/c1-6-24(2)35-32(38)30(22-26-10-8-7-9-11-26)36(23-27-14-19-29(34)20-15-27)31(37)21-16-25-12-17-28(18-13-25)33(3,4)5/h7-15,17-20,24,30H,6,16,21-23H2,1-5H3,(H,35,38)/t24-,30+/m0/s1. The number of aryl methyl sites for hydroxylation is 1. The number of nitrogens with one attached hydrogen (secondary N) is 1. The van der Waals surface area contributed by atoms with Crippen molar-refractivity contribution in [2.75, 3.05) is 0 Å². The van der Waals surface area contributed by atoms with Crippen LogP contribution in [0.2, 0.25) is 5.02 Å². The van der Waals surface area contributed by atoms with Crippen LogP contribution in [0.15, 0.2) is 78.9 Å². The third-order valence-corrected chi connectivity index (χ3v) is 7.24. The van der Waals surface area contributed by atoms with E-state index in [9.17, 15) is 9.59 Å². The Kier molecular flexibility index (Phi) is 10.6. The zero-order chi connectivity index (χ0) is 27.7. The van der Waals surface area contributed by atoms with Gasteiger partial charge in [-0.15, -0.1) is 0 Å². The van der Waals surface area contributed by atoms with Gasteiger partial charge in [0, 0.05) is 30.5 Å². The molecule has 3 aromatic carbocycles. The zero-order valence-electron chi connectivity index (χ0n) is 23.3. The van der Waals surface area contributed by atoms with Crippen LogP contribution < -0.4 is 5.32 Å². The molecule has 2 atom stereocenters. The predicted octanol–water partition coefficient (Wildman–Crippen LogP) is 7.12. The summed E-state index contributed by atoms with van der Waals surface area (Å²) >= 11 is 6.12. The Morgan fingerprint density at radius 1 is 0.868 bits per heavy atom. The molecule has 0 aliphatic rings. The average Bonchev–Trinajstić information content (AvgIpc) is 2.90. The molecular formula is C33H41ClN2O2. The third kappa shape index (κ3) is 8.73. The molecule has 2 amide bonds. The van der Waals surface area contributed by atoms with Crippen LogP contribution in [-0.2, 0) is 34.4 Å². The van der Waals surface area contributed by atoms with Crippen molar-refractivity contribution in [2.24, 2.45) is 0 Å². The predicted molar refractivity (Wildman–Crippen MR) is 157 cm³/mol. The quantitative estimate of drug-likeness (QED) is 0.285. The minimum Gasteiger partial charge on any atom is -0.352 e. The Labute approximate surface area is 233 Å². The third-order valence-electron chi connectivity index (χ3n) is 6.99. The summed E-state index contributed by atoms with van der Waals surface area (Å²) in [5.41, 5.74) is 4.41. The monoisotopic (exact) mass is 532 g/mol. The highest BCUT2D eigenvalue weighted by Crippen LogP contribution is 2.23. The number of benzene rings is 3. The van der Waals surface area contributed by atoms with Gasteiger partial charge in [0.15, 0.2) is 0 Å². The smallest absolute Gasteiger partial charge is 0.243 e. The SMILES string of the molecule is CC[C@H](C)NC(=O)[C@@H](Cc1ccccc1)N(Cc1ccc(Cl)cc1)C(=O)CCc1ccc(C(C)(C)C)cc1. The number of amides is 2. The molecule has 1 N–H and O–H groups in total. The van der Waals surface area contributed by atoms with Crippen LogP contribution >= 0.6 is 11.6 Å². The first-order valence-electron chi connectivity index (χ1n) is 13.5. The molecule has 0 heterocycles. The van der Waals surface area contributed by atoms with E-state index >= 15 is 0 Å². The van der Waals surface area contributed by atoms with Gasteiger partial charge in [0.1, 0.15) is 6.04 Å². The van der Waals surface area contributed by atoms with Crippen LogP contribution in [0.1, 0.15) is 69.7 Å². The molecular weight excluding hydrogens is 492 g/mol. The van der Waals surface area contributed by atoms with Crippen LogP contribution in [0, 0.1) is 0 Å². The zero-order valence-corrected chi connectivity index (χ0v) is 24.1. The van der Waals surface area contributed by atoms with E-state index in [1.807, 2.05) is 68.4 Å². The van der Waals surface area contributed by atoms with E-state index in [0.717, 1.165) is 23.1 Å². The summed E-state index contributed by atoms with van der Waals surface area (Å²) in [6.45, 7) is 10.9. The van der Waals surface area contributed by atoms with Crippen molar-refractivity contribution in [1.29, 1.82) is 0 Å². The second-order valence-electron chi connectivity index (χ2n) is 11.1. The maximum absolute atomic E-state index is 13.8. The number of halogens is 1. The Balaban J connectivity index is 1.88. The number of carbonyl (C=O) groups excluding carboxylic acids is 2. The lowest BCUT2D eigenvalue weighted by Crippen LogP contribution is -2.52. The number of hydrogen-bond donors (Lipinski definition) is 1. The van der Waals surface area contributed by atoms with Crippen LogP contribution in [-0.4, -0.2) is 28.8 Å².